The first-order valence-corrected chi connectivity index (χ1v) is 5.36. The third-order valence-electron chi connectivity index (χ3n) is 2.23. The molecule has 1 N–H and O–H groups in total. The fraction of sp³-hybridized carbons (Fsp3) is 0.636. The summed E-state index contributed by atoms with van der Waals surface area (Å²) in [6.07, 6.45) is 0. The molecule has 16 heavy (non-hydrogen) atoms. The van der Waals surface area contributed by atoms with Gasteiger partial charge in [0.1, 0.15) is 5.76 Å². The van der Waals surface area contributed by atoms with Crippen LogP contribution in [0.2, 0.25) is 0 Å². The Morgan fingerprint density at radius 2 is 2.19 bits per heavy atom. The number of nitrogens with zero attached hydrogens (tertiary/aromatic N) is 2. The van der Waals surface area contributed by atoms with Gasteiger partial charge in [0.2, 0.25) is 0 Å². The minimum absolute atomic E-state index is 0.164. The maximum absolute atomic E-state index is 11.9. The van der Waals surface area contributed by atoms with E-state index in [0.717, 1.165) is 0 Å². The minimum atomic E-state index is -0.211. The average Bonchev–Trinajstić information content (AvgIpc) is 2.49. The zero-order valence-corrected chi connectivity index (χ0v) is 10.5. The van der Waals surface area contributed by atoms with Gasteiger partial charge in [0.25, 0.3) is 0 Å². The van der Waals surface area contributed by atoms with Crippen molar-refractivity contribution in [1.82, 2.24) is 10.1 Å². The molecule has 90 valence electrons. The molecule has 0 atom stereocenters. The monoisotopic (exact) mass is 225 g/mol. The lowest BCUT2D eigenvalue weighted by Crippen LogP contribution is -2.47. The normalized spacial score (nSPS) is 11.3. The van der Waals surface area contributed by atoms with E-state index in [1.54, 1.807) is 17.9 Å². The van der Waals surface area contributed by atoms with Crippen molar-refractivity contribution in [3.05, 3.63) is 11.8 Å². The number of nitrogens with one attached hydrogen (secondary N) is 1. The van der Waals surface area contributed by atoms with E-state index < -0.39 is 0 Å². The molecule has 1 rings (SSSR count). The molecule has 0 radical (unpaired) electrons. The van der Waals surface area contributed by atoms with Gasteiger partial charge in [-0.2, -0.15) is 0 Å². The molecule has 1 aromatic rings. The molecule has 0 saturated heterocycles. The maximum Gasteiger partial charge on any atom is 0.323 e. The summed E-state index contributed by atoms with van der Waals surface area (Å²) in [7, 11) is 0. The maximum atomic E-state index is 11.9. The number of aryl methyl sites for hydroxylation is 1. The lowest BCUT2D eigenvalue weighted by Gasteiger charge is -2.34. The van der Waals surface area contributed by atoms with Crippen molar-refractivity contribution in [2.45, 2.75) is 40.2 Å². The first-order chi connectivity index (χ1) is 7.34. The number of rotatable bonds is 2. The van der Waals surface area contributed by atoms with Gasteiger partial charge in [0.05, 0.1) is 0 Å². The van der Waals surface area contributed by atoms with Gasteiger partial charge in [-0.25, -0.2) is 4.79 Å². The minimum Gasteiger partial charge on any atom is -0.360 e. The van der Waals surface area contributed by atoms with Crippen LogP contribution in [0.3, 0.4) is 0 Å². The molecule has 2 amide bonds. The second-order valence-electron chi connectivity index (χ2n) is 4.67. The van der Waals surface area contributed by atoms with Crippen LogP contribution in [0, 0.1) is 6.92 Å². The molecule has 0 aliphatic rings. The molecular formula is C11H19N3O2. The van der Waals surface area contributed by atoms with E-state index in [0.29, 0.717) is 18.1 Å². The summed E-state index contributed by atoms with van der Waals surface area (Å²) in [4.78, 5) is 13.7. The predicted octanol–water partition coefficient (Wildman–Crippen LogP) is 2.64. The van der Waals surface area contributed by atoms with E-state index in [1.165, 1.54) is 0 Å². The molecular weight excluding hydrogens is 206 g/mol. The zero-order valence-electron chi connectivity index (χ0n) is 10.5. The Balaban J connectivity index is 2.71. The number of carbonyl (C=O) groups excluding carboxylic acids is 1. The van der Waals surface area contributed by atoms with Crippen LogP contribution in [-0.2, 0) is 0 Å². The number of hydrogen-bond acceptors (Lipinski definition) is 3. The SMILES string of the molecule is CCN(C(=O)Nc1cc(C)on1)C(C)(C)C. The summed E-state index contributed by atoms with van der Waals surface area (Å²) >= 11 is 0. The van der Waals surface area contributed by atoms with Crippen LogP contribution in [0.5, 0.6) is 0 Å². The van der Waals surface area contributed by atoms with Crippen molar-refractivity contribution in [2.75, 3.05) is 11.9 Å². The number of anilines is 1. The van der Waals surface area contributed by atoms with Crippen molar-refractivity contribution in [3.8, 4) is 0 Å². The van der Waals surface area contributed by atoms with Gasteiger partial charge in [-0.15, -0.1) is 0 Å². The molecule has 0 spiro atoms. The molecule has 1 aromatic heterocycles. The number of carbonyl (C=O) groups is 1. The number of amides is 2. The van der Waals surface area contributed by atoms with Crippen LogP contribution in [0.1, 0.15) is 33.5 Å². The summed E-state index contributed by atoms with van der Waals surface area (Å²) in [5, 5.41) is 6.42. The second kappa shape index (κ2) is 4.55. The van der Waals surface area contributed by atoms with Crippen LogP contribution >= 0.6 is 0 Å². The van der Waals surface area contributed by atoms with Crippen molar-refractivity contribution < 1.29 is 9.32 Å². The Morgan fingerprint density at radius 3 is 2.56 bits per heavy atom. The highest BCUT2D eigenvalue weighted by Crippen LogP contribution is 2.15. The lowest BCUT2D eigenvalue weighted by molar-refractivity contribution is 0.162. The molecule has 0 saturated carbocycles. The van der Waals surface area contributed by atoms with Crippen LogP contribution in [0.25, 0.3) is 0 Å². The quantitative estimate of drug-likeness (QED) is 0.841. The molecule has 0 aromatic carbocycles. The van der Waals surface area contributed by atoms with Crippen molar-refractivity contribution in [1.29, 1.82) is 0 Å². The summed E-state index contributed by atoms with van der Waals surface area (Å²) in [6.45, 7) is 10.3. The van der Waals surface area contributed by atoms with Gasteiger partial charge in [0, 0.05) is 18.2 Å². The summed E-state index contributed by atoms with van der Waals surface area (Å²) in [5.74, 6) is 1.12. The number of urea groups is 1. The second-order valence-corrected chi connectivity index (χ2v) is 4.67. The fourth-order valence-corrected chi connectivity index (χ4v) is 1.52. The zero-order chi connectivity index (χ0) is 12.3. The Kier molecular flexibility index (Phi) is 3.57. The Bertz CT molecular complexity index is 366. The van der Waals surface area contributed by atoms with Gasteiger partial charge >= 0.3 is 6.03 Å². The molecule has 0 unspecified atom stereocenters. The first kappa shape index (κ1) is 12.5. The van der Waals surface area contributed by atoms with Crippen molar-refractivity contribution in [3.63, 3.8) is 0 Å². The van der Waals surface area contributed by atoms with E-state index in [1.807, 2.05) is 27.7 Å². The van der Waals surface area contributed by atoms with Crippen LogP contribution in [0.15, 0.2) is 10.6 Å². The highest BCUT2D eigenvalue weighted by molar-refractivity contribution is 5.88. The van der Waals surface area contributed by atoms with E-state index >= 15 is 0 Å². The predicted molar refractivity (Wildman–Crippen MR) is 62.4 cm³/mol. The molecule has 5 nitrogen and oxygen atoms in total. The lowest BCUT2D eigenvalue weighted by atomic mass is 10.1. The highest BCUT2D eigenvalue weighted by Gasteiger charge is 2.25. The Hall–Kier alpha value is -1.52. The smallest absolute Gasteiger partial charge is 0.323 e. The summed E-state index contributed by atoms with van der Waals surface area (Å²) in [5.41, 5.74) is -0.211. The molecule has 0 fully saturated rings. The van der Waals surface area contributed by atoms with Crippen molar-refractivity contribution in [2.24, 2.45) is 0 Å². The topological polar surface area (TPSA) is 58.4 Å². The fourth-order valence-electron chi connectivity index (χ4n) is 1.52. The van der Waals surface area contributed by atoms with Crippen LogP contribution in [-0.4, -0.2) is 28.2 Å². The summed E-state index contributed by atoms with van der Waals surface area (Å²) < 4.78 is 4.88. The molecule has 0 aliphatic heterocycles. The highest BCUT2D eigenvalue weighted by atomic mass is 16.5. The Morgan fingerprint density at radius 1 is 1.56 bits per heavy atom. The third kappa shape index (κ3) is 2.98. The Labute approximate surface area is 95.8 Å². The van der Waals surface area contributed by atoms with Crippen LogP contribution in [0.4, 0.5) is 10.6 Å². The number of hydrogen-bond donors (Lipinski definition) is 1. The largest absolute Gasteiger partial charge is 0.360 e. The van der Waals surface area contributed by atoms with E-state index in [4.69, 9.17) is 4.52 Å². The first-order valence-electron chi connectivity index (χ1n) is 5.36. The van der Waals surface area contributed by atoms with Crippen LogP contribution < -0.4 is 5.32 Å². The summed E-state index contributed by atoms with van der Waals surface area (Å²) in [6, 6.07) is 1.53. The average molecular weight is 225 g/mol. The van der Waals surface area contributed by atoms with Gasteiger partial charge in [-0.1, -0.05) is 5.16 Å². The van der Waals surface area contributed by atoms with E-state index in [2.05, 4.69) is 10.5 Å². The molecule has 0 aliphatic carbocycles. The van der Waals surface area contributed by atoms with Gasteiger partial charge in [-0.05, 0) is 34.6 Å². The van der Waals surface area contributed by atoms with Gasteiger partial charge in [0.15, 0.2) is 5.82 Å². The standard InChI is InChI=1S/C11H19N3O2/c1-6-14(11(3,4)5)10(15)12-9-7-8(2)16-13-9/h7H,6H2,1-5H3,(H,12,13,15). The molecule has 0 bridgehead atoms. The van der Waals surface area contributed by atoms with Gasteiger partial charge in [-0.3, -0.25) is 5.32 Å². The van der Waals surface area contributed by atoms with E-state index in [-0.39, 0.29) is 11.6 Å². The van der Waals surface area contributed by atoms with Gasteiger partial charge < -0.3 is 9.42 Å². The van der Waals surface area contributed by atoms with E-state index in [9.17, 15) is 4.79 Å². The molecule has 1 heterocycles. The van der Waals surface area contributed by atoms with Crippen molar-refractivity contribution >= 4 is 11.8 Å². The molecule has 5 heteroatoms. The third-order valence-corrected chi connectivity index (χ3v) is 2.23. The number of aromatic nitrogens is 1.